The molecule has 0 atom stereocenters. The quantitative estimate of drug-likeness (QED) is 0.328. The Morgan fingerprint density at radius 1 is 0.650 bits per heavy atom. The minimum absolute atomic E-state index is 0.131. The van der Waals surface area contributed by atoms with E-state index in [0.29, 0.717) is 22.1 Å². The van der Waals surface area contributed by atoms with Crippen LogP contribution in [0.4, 0.5) is 8.78 Å². The number of halogens is 4. The van der Waals surface area contributed by atoms with Gasteiger partial charge in [0, 0.05) is 0 Å². The van der Waals surface area contributed by atoms with E-state index in [9.17, 15) is 8.78 Å². The van der Waals surface area contributed by atoms with E-state index >= 15 is 0 Å². The van der Waals surface area contributed by atoms with E-state index in [4.69, 9.17) is 0 Å². The van der Waals surface area contributed by atoms with Crippen LogP contribution in [0.2, 0.25) is 0 Å². The van der Waals surface area contributed by atoms with Crippen LogP contribution in [0, 0.1) is 11.6 Å². The molecule has 0 fully saturated rings. The van der Waals surface area contributed by atoms with Gasteiger partial charge in [0.05, 0.1) is 0 Å². The van der Waals surface area contributed by atoms with Crippen molar-refractivity contribution in [2.45, 2.75) is 0 Å². The Morgan fingerprint density at radius 2 is 1.00 bits per heavy atom. The molecular weight excluding hydrogens is 532 g/mol. The first kappa shape index (κ1) is 13.4. The van der Waals surface area contributed by atoms with Crippen molar-refractivity contribution in [2.75, 3.05) is 0 Å². The van der Waals surface area contributed by atoms with E-state index in [1.807, 2.05) is 0 Å². The topological polar surface area (TPSA) is 51.6 Å². The molecular formula is C10Br2F2N4Se2. The van der Waals surface area contributed by atoms with Crippen molar-refractivity contribution >= 4 is 94.6 Å². The van der Waals surface area contributed by atoms with Crippen molar-refractivity contribution in [1.82, 2.24) is 15.9 Å². The summed E-state index contributed by atoms with van der Waals surface area (Å²) in [5, 5.41) is 0.261. The number of benzene rings is 2. The molecule has 0 aliphatic rings. The summed E-state index contributed by atoms with van der Waals surface area (Å²) < 4.78 is 46.4. The van der Waals surface area contributed by atoms with E-state index in [2.05, 4.69) is 47.8 Å². The summed E-state index contributed by atoms with van der Waals surface area (Å²) in [4.78, 5) is 0. The molecule has 0 aliphatic heterocycles. The molecule has 100 valence electrons. The summed E-state index contributed by atoms with van der Waals surface area (Å²) in [6.45, 7) is 0. The molecule has 4 aromatic rings. The Labute approximate surface area is 139 Å². The van der Waals surface area contributed by atoms with E-state index in [-0.39, 0.29) is 49.6 Å². The molecule has 0 bridgehead atoms. The van der Waals surface area contributed by atoms with Crippen LogP contribution in [-0.4, -0.2) is 45.8 Å². The third kappa shape index (κ3) is 1.60. The fourth-order valence-corrected chi connectivity index (χ4v) is 5.91. The first-order chi connectivity index (χ1) is 9.61. The molecule has 0 saturated carbocycles. The average molecular weight is 532 g/mol. The molecule has 10 heteroatoms. The van der Waals surface area contributed by atoms with E-state index < -0.39 is 11.6 Å². The van der Waals surface area contributed by atoms with Crippen LogP contribution >= 0.6 is 31.9 Å². The molecule has 0 aliphatic carbocycles. The van der Waals surface area contributed by atoms with E-state index in [1.54, 1.807) is 0 Å². The Hall–Kier alpha value is -0.241. The summed E-state index contributed by atoms with van der Waals surface area (Å²) >= 11 is 5.61. The van der Waals surface area contributed by atoms with Crippen molar-refractivity contribution in [3.8, 4) is 0 Å². The molecule has 4 rings (SSSR count). The minimum atomic E-state index is -0.560. The van der Waals surface area contributed by atoms with Gasteiger partial charge in [-0.25, -0.2) is 0 Å². The van der Waals surface area contributed by atoms with Gasteiger partial charge in [-0.15, -0.1) is 0 Å². The molecule has 0 N–H and O–H groups in total. The standard InChI is InChI=1S/C10Br2F2N4Se2/c11-3-5(13)1-2(8-10(3)18-20-16-8)6(14)4(12)9-7(1)15-19-17-9. The van der Waals surface area contributed by atoms with Gasteiger partial charge in [-0.3, -0.25) is 0 Å². The van der Waals surface area contributed by atoms with Crippen LogP contribution in [0.15, 0.2) is 8.95 Å². The maximum atomic E-state index is 14.6. The fourth-order valence-electron chi connectivity index (χ4n) is 2.08. The Bertz CT molecular complexity index is 931. The van der Waals surface area contributed by atoms with Crippen LogP contribution in [0.1, 0.15) is 0 Å². The molecule has 4 nitrogen and oxygen atoms in total. The van der Waals surface area contributed by atoms with Gasteiger partial charge >= 0.3 is 140 Å². The normalized spacial score (nSPS) is 12.0. The molecule has 2 heterocycles. The van der Waals surface area contributed by atoms with Gasteiger partial charge in [-0.2, -0.15) is 0 Å². The van der Waals surface area contributed by atoms with E-state index in [1.165, 1.54) is 0 Å². The number of fused-ring (bicyclic) bond motifs is 5. The third-order valence-corrected chi connectivity index (χ3v) is 6.61. The van der Waals surface area contributed by atoms with Crippen LogP contribution in [0.25, 0.3) is 32.8 Å². The van der Waals surface area contributed by atoms with Gasteiger partial charge in [0.25, 0.3) is 0 Å². The monoisotopic (exact) mass is 532 g/mol. The summed E-state index contributed by atoms with van der Waals surface area (Å²) in [6, 6.07) is 0. The van der Waals surface area contributed by atoms with Gasteiger partial charge < -0.3 is 0 Å². The second-order valence-electron chi connectivity index (χ2n) is 3.93. The zero-order valence-corrected chi connectivity index (χ0v) is 15.7. The second kappa shape index (κ2) is 4.63. The van der Waals surface area contributed by atoms with Crippen molar-refractivity contribution < 1.29 is 8.78 Å². The van der Waals surface area contributed by atoms with E-state index in [0.717, 1.165) is 0 Å². The van der Waals surface area contributed by atoms with Crippen LogP contribution in [0.5, 0.6) is 0 Å². The molecule has 0 spiro atoms. The Kier molecular flexibility index (Phi) is 3.11. The summed E-state index contributed by atoms with van der Waals surface area (Å²) in [5.41, 5.74) is 1.54. The number of rotatable bonds is 0. The predicted octanol–water partition coefficient (Wildman–Crippen LogP) is 2.64. The summed E-state index contributed by atoms with van der Waals surface area (Å²) in [5.74, 6) is -1.12. The zero-order valence-electron chi connectivity index (χ0n) is 9.12. The molecule has 0 amide bonds. The fraction of sp³-hybridized carbons (Fsp3) is 0. The molecule has 2 aromatic carbocycles. The molecule has 0 unspecified atom stereocenters. The third-order valence-electron chi connectivity index (χ3n) is 2.94. The van der Waals surface area contributed by atoms with Gasteiger partial charge in [0.15, 0.2) is 0 Å². The van der Waals surface area contributed by atoms with Crippen LogP contribution < -0.4 is 0 Å². The van der Waals surface area contributed by atoms with Crippen molar-refractivity contribution in [3.63, 3.8) is 0 Å². The predicted molar refractivity (Wildman–Crippen MR) is 79.3 cm³/mol. The average Bonchev–Trinajstić information content (AvgIpc) is 3.08. The van der Waals surface area contributed by atoms with Gasteiger partial charge in [-0.05, 0) is 0 Å². The number of nitrogens with zero attached hydrogens (tertiary/aromatic N) is 4. The second-order valence-corrected chi connectivity index (χ2v) is 7.73. The first-order valence-corrected chi connectivity index (χ1v) is 9.78. The first-order valence-electron chi connectivity index (χ1n) is 5.13. The summed E-state index contributed by atoms with van der Waals surface area (Å²) in [6.07, 6.45) is 0. The zero-order chi connectivity index (χ0) is 14.0. The van der Waals surface area contributed by atoms with Crippen molar-refractivity contribution in [3.05, 3.63) is 20.6 Å². The number of hydrogen-bond donors (Lipinski definition) is 0. The van der Waals surface area contributed by atoms with Crippen molar-refractivity contribution in [2.24, 2.45) is 0 Å². The van der Waals surface area contributed by atoms with Gasteiger partial charge in [0.1, 0.15) is 0 Å². The van der Waals surface area contributed by atoms with Gasteiger partial charge in [-0.1, -0.05) is 0 Å². The maximum absolute atomic E-state index is 14.6. The van der Waals surface area contributed by atoms with Crippen LogP contribution in [-0.2, 0) is 0 Å². The van der Waals surface area contributed by atoms with Crippen LogP contribution in [0.3, 0.4) is 0 Å². The van der Waals surface area contributed by atoms with Gasteiger partial charge in [0.2, 0.25) is 0 Å². The molecule has 0 radical (unpaired) electrons. The number of hydrogen-bond acceptors (Lipinski definition) is 4. The van der Waals surface area contributed by atoms with Crippen molar-refractivity contribution in [1.29, 1.82) is 0 Å². The molecule has 0 saturated heterocycles. The Balaban J connectivity index is 2.49. The number of aromatic nitrogens is 4. The Morgan fingerprint density at radius 3 is 1.40 bits per heavy atom. The summed E-state index contributed by atoms with van der Waals surface area (Å²) in [7, 11) is 0. The SMILES string of the molecule is Fc1c(Br)c2n[se]nc2c2c(F)c(Br)c3n[se]nc3c12. The molecule has 20 heavy (non-hydrogen) atoms. The molecule has 2 aromatic heterocycles.